The van der Waals surface area contributed by atoms with E-state index < -0.39 is 15.5 Å². The van der Waals surface area contributed by atoms with Gasteiger partial charge in [-0.3, -0.25) is 4.18 Å². The zero-order valence-electron chi connectivity index (χ0n) is 11.2. The molecule has 0 aliphatic heterocycles. The van der Waals surface area contributed by atoms with Crippen molar-refractivity contribution >= 4 is 21.7 Å². The van der Waals surface area contributed by atoms with Gasteiger partial charge in [0.15, 0.2) is 0 Å². The molecule has 1 aromatic carbocycles. The van der Waals surface area contributed by atoms with E-state index >= 15 is 0 Å². The van der Waals surface area contributed by atoms with E-state index in [1.165, 1.54) is 0 Å². The van der Waals surface area contributed by atoms with Gasteiger partial charge < -0.3 is 9.84 Å². The summed E-state index contributed by atoms with van der Waals surface area (Å²) in [5.74, 6) is 0.719. The summed E-state index contributed by atoms with van der Waals surface area (Å²) in [6.07, 6.45) is 0.991. The number of hydrogen-bond acceptors (Lipinski definition) is 5. The quantitative estimate of drug-likeness (QED) is 0.665. The lowest BCUT2D eigenvalue weighted by atomic mass is 10.1. The highest BCUT2D eigenvalue weighted by molar-refractivity contribution is 7.85. The molecule has 0 bridgehead atoms. The van der Waals surface area contributed by atoms with E-state index in [0.717, 1.165) is 17.6 Å². The van der Waals surface area contributed by atoms with Crippen LogP contribution in [-0.4, -0.2) is 40.1 Å². The molecule has 110 valence electrons. The van der Waals surface area contributed by atoms with E-state index in [0.29, 0.717) is 0 Å². The maximum Gasteiger partial charge on any atom is 0.264 e. The maximum atomic E-state index is 10.8. The first-order chi connectivity index (χ1) is 8.84. The summed E-state index contributed by atoms with van der Waals surface area (Å²) in [5, 5.41) is 7.07. The number of aliphatic hydroxyl groups is 1. The van der Waals surface area contributed by atoms with E-state index in [-0.39, 0.29) is 13.2 Å². The number of halogens is 1. The Hall–Kier alpha value is -0.820. The molecule has 0 amide bonds. The van der Waals surface area contributed by atoms with Crippen molar-refractivity contribution in [3.05, 3.63) is 29.8 Å². The SMILES string of the molecule is CCO.COc1ccc(C(Cl)COS(C)(=O)=O)cc1. The molecular weight excluding hydrogens is 292 g/mol. The van der Waals surface area contributed by atoms with E-state index in [1.54, 1.807) is 38.3 Å². The van der Waals surface area contributed by atoms with Crippen molar-refractivity contribution in [2.75, 3.05) is 26.6 Å². The van der Waals surface area contributed by atoms with Gasteiger partial charge in [0.2, 0.25) is 0 Å². The molecule has 1 rings (SSSR count). The highest BCUT2D eigenvalue weighted by Gasteiger charge is 2.11. The Morgan fingerprint density at radius 1 is 1.32 bits per heavy atom. The first kappa shape index (κ1) is 18.2. The van der Waals surface area contributed by atoms with Gasteiger partial charge >= 0.3 is 0 Å². The van der Waals surface area contributed by atoms with Crippen molar-refractivity contribution < 1.29 is 22.4 Å². The lowest BCUT2D eigenvalue weighted by molar-refractivity contribution is 0.318. The number of ether oxygens (including phenoxy) is 1. The molecule has 1 atom stereocenters. The predicted octanol–water partition coefficient (Wildman–Crippen LogP) is 1.95. The van der Waals surface area contributed by atoms with Crippen LogP contribution in [0.25, 0.3) is 0 Å². The molecule has 0 spiro atoms. The largest absolute Gasteiger partial charge is 0.497 e. The molecule has 1 unspecified atom stereocenters. The normalized spacial score (nSPS) is 12.3. The summed E-state index contributed by atoms with van der Waals surface area (Å²) in [5.41, 5.74) is 0.783. The Labute approximate surface area is 119 Å². The molecule has 0 heterocycles. The fraction of sp³-hybridized carbons (Fsp3) is 0.500. The van der Waals surface area contributed by atoms with Crippen LogP contribution in [0.5, 0.6) is 5.75 Å². The second-order valence-corrected chi connectivity index (χ2v) is 5.72. The van der Waals surface area contributed by atoms with Gasteiger partial charge in [-0.15, -0.1) is 11.6 Å². The monoisotopic (exact) mass is 310 g/mol. The number of methoxy groups -OCH3 is 1. The Bertz CT molecular complexity index is 444. The van der Waals surface area contributed by atoms with Crippen LogP contribution in [-0.2, 0) is 14.3 Å². The molecule has 0 aliphatic carbocycles. The van der Waals surface area contributed by atoms with Crippen molar-refractivity contribution in [2.24, 2.45) is 0 Å². The van der Waals surface area contributed by atoms with Gasteiger partial charge in [0.05, 0.1) is 25.3 Å². The first-order valence-corrected chi connectivity index (χ1v) is 7.82. The van der Waals surface area contributed by atoms with E-state index in [1.807, 2.05) is 0 Å². The minimum absolute atomic E-state index is 0.0767. The smallest absolute Gasteiger partial charge is 0.264 e. The summed E-state index contributed by atoms with van der Waals surface area (Å²) >= 11 is 5.98. The Balaban J connectivity index is 0.000000982. The molecule has 0 fully saturated rings. The van der Waals surface area contributed by atoms with Crippen LogP contribution in [0, 0.1) is 0 Å². The summed E-state index contributed by atoms with van der Waals surface area (Å²) < 4.78 is 31.1. The van der Waals surface area contributed by atoms with Crippen LogP contribution < -0.4 is 4.74 Å². The van der Waals surface area contributed by atoms with Gasteiger partial charge in [-0.05, 0) is 24.6 Å². The molecule has 0 aliphatic rings. The summed E-state index contributed by atoms with van der Waals surface area (Å²) in [7, 11) is -1.88. The number of rotatable bonds is 5. The van der Waals surface area contributed by atoms with Crippen LogP contribution in [0.1, 0.15) is 17.9 Å². The zero-order chi connectivity index (χ0) is 14.9. The van der Waals surface area contributed by atoms with Crippen molar-refractivity contribution in [2.45, 2.75) is 12.3 Å². The first-order valence-electron chi connectivity index (χ1n) is 5.57. The van der Waals surface area contributed by atoms with Gasteiger partial charge in [-0.2, -0.15) is 8.42 Å². The fourth-order valence-corrected chi connectivity index (χ4v) is 1.76. The second kappa shape index (κ2) is 9.14. The van der Waals surface area contributed by atoms with Gasteiger partial charge in [0, 0.05) is 6.61 Å². The highest BCUT2D eigenvalue weighted by Crippen LogP contribution is 2.23. The Kier molecular flexibility index (Phi) is 8.75. The maximum absolute atomic E-state index is 10.8. The van der Waals surface area contributed by atoms with Gasteiger partial charge in [0.25, 0.3) is 10.1 Å². The molecule has 0 saturated heterocycles. The standard InChI is InChI=1S/C10H13ClO4S.C2H6O/c1-14-9-5-3-8(4-6-9)10(11)7-15-16(2,12)13;1-2-3/h3-6,10H,7H2,1-2H3;3H,2H2,1H3. The number of aliphatic hydroxyl groups excluding tert-OH is 1. The molecule has 0 saturated carbocycles. The third-order valence-electron chi connectivity index (χ3n) is 1.91. The van der Waals surface area contributed by atoms with Crippen molar-refractivity contribution in [1.29, 1.82) is 0 Å². The van der Waals surface area contributed by atoms with Gasteiger partial charge in [-0.1, -0.05) is 12.1 Å². The lowest BCUT2D eigenvalue weighted by Gasteiger charge is -2.09. The van der Waals surface area contributed by atoms with Crippen molar-refractivity contribution in [3.63, 3.8) is 0 Å². The Morgan fingerprint density at radius 2 is 1.79 bits per heavy atom. The van der Waals surface area contributed by atoms with Crippen LogP contribution in [0.3, 0.4) is 0 Å². The fourth-order valence-electron chi connectivity index (χ4n) is 1.09. The van der Waals surface area contributed by atoms with Crippen LogP contribution in [0.4, 0.5) is 0 Å². The molecule has 1 N–H and O–H groups in total. The van der Waals surface area contributed by atoms with Crippen LogP contribution in [0.15, 0.2) is 24.3 Å². The number of benzene rings is 1. The average Bonchev–Trinajstić information content (AvgIpc) is 2.36. The Morgan fingerprint density at radius 3 is 2.16 bits per heavy atom. The molecule has 19 heavy (non-hydrogen) atoms. The predicted molar refractivity (Wildman–Crippen MR) is 75.1 cm³/mol. The third kappa shape index (κ3) is 8.83. The van der Waals surface area contributed by atoms with E-state index in [2.05, 4.69) is 4.18 Å². The molecule has 7 heteroatoms. The van der Waals surface area contributed by atoms with Crippen LogP contribution in [0.2, 0.25) is 0 Å². The summed E-state index contributed by atoms with van der Waals surface area (Å²) in [6, 6.07) is 7.04. The number of alkyl halides is 1. The molecule has 0 radical (unpaired) electrons. The minimum atomic E-state index is -3.45. The molecule has 0 aromatic heterocycles. The number of hydrogen-bond donors (Lipinski definition) is 1. The molecular formula is C12H19ClO5S. The summed E-state index contributed by atoms with van der Waals surface area (Å²) in [6.45, 7) is 1.85. The second-order valence-electron chi connectivity index (χ2n) is 3.55. The summed E-state index contributed by atoms with van der Waals surface area (Å²) in [4.78, 5) is 0. The third-order valence-corrected chi connectivity index (χ3v) is 2.85. The van der Waals surface area contributed by atoms with E-state index in [9.17, 15) is 8.42 Å². The minimum Gasteiger partial charge on any atom is -0.497 e. The van der Waals surface area contributed by atoms with Crippen molar-refractivity contribution in [3.8, 4) is 5.75 Å². The van der Waals surface area contributed by atoms with Crippen LogP contribution >= 0.6 is 11.6 Å². The highest BCUT2D eigenvalue weighted by atomic mass is 35.5. The van der Waals surface area contributed by atoms with Gasteiger partial charge in [-0.25, -0.2) is 0 Å². The zero-order valence-corrected chi connectivity index (χ0v) is 12.7. The topological polar surface area (TPSA) is 72.8 Å². The lowest BCUT2D eigenvalue weighted by Crippen LogP contribution is -2.08. The van der Waals surface area contributed by atoms with Gasteiger partial charge in [0.1, 0.15) is 5.75 Å². The molecule has 1 aromatic rings. The average molecular weight is 311 g/mol. The molecule has 5 nitrogen and oxygen atoms in total. The van der Waals surface area contributed by atoms with E-state index in [4.69, 9.17) is 21.4 Å². The van der Waals surface area contributed by atoms with Crippen molar-refractivity contribution in [1.82, 2.24) is 0 Å².